The van der Waals surface area contributed by atoms with Gasteiger partial charge in [0, 0.05) is 31.9 Å². The molecule has 1 aromatic carbocycles. The smallest absolute Gasteiger partial charge is 0.348 e. The summed E-state index contributed by atoms with van der Waals surface area (Å²) in [5.41, 5.74) is -1.17. The van der Waals surface area contributed by atoms with Gasteiger partial charge in [-0.2, -0.15) is 18.3 Å². The molecule has 0 aliphatic carbocycles. The quantitative estimate of drug-likeness (QED) is 0.508. The molecule has 0 spiro atoms. The number of thiophene rings is 1. The van der Waals surface area contributed by atoms with Crippen LogP contribution in [0, 0.1) is 10.1 Å². The number of amides is 1. The van der Waals surface area contributed by atoms with Gasteiger partial charge < -0.3 is 5.32 Å². The number of nitro benzene ring substituents is 1. The molecule has 0 aliphatic rings. The number of carbonyl (C=O) groups excluding carboxylic acids is 1. The summed E-state index contributed by atoms with van der Waals surface area (Å²) >= 11 is 1.39. The molecule has 0 unspecified atom stereocenters. The fourth-order valence-corrected chi connectivity index (χ4v) is 3.30. The molecule has 0 bridgehead atoms. The van der Waals surface area contributed by atoms with Crippen LogP contribution in [-0.2, 0) is 19.8 Å². The van der Waals surface area contributed by atoms with Crippen LogP contribution in [0.1, 0.15) is 21.5 Å². The summed E-state index contributed by atoms with van der Waals surface area (Å²) in [5.74, 6) is -0.545. The van der Waals surface area contributed by atoms with Gasteiger partial charge in [0.15, 0.2) is 0 Å². The van der Waals surface area contributed by atoms with E-state index in [4.69, 9.17) is 0 Å². The average molecular weight is 410 g/mol. The molecule has 146 valence electrons. The van der Waals surface area contributed by atoms with Gasteiger partial charge in [-0.25, -0.2) is 0 Å². The number of halogens is 3. The number of aryl methyl sites for hydroxylation is 1. The molecule has 3 rings (SSSR count). The lowest BCUT2D eigenvalue weighted by atomic mass is 10.1. The van der Waals surface area contributed by atoms with Gasteiger partial charge in [-0.1, -0.05) is 6.07 Å². The number of hydrogen-bond donors (Lipinski definition) is 1. The van der Waals surface area contributed by atoms with E-state index in [2.05, 4.69) is 10.4 Å². The Morgan fingerprint density at radius 3 is 2.71 bits per heavy atom. The summed E-state index contributed by atoms with van der Waals surface area (Å²) in [4.78, 5) is 23.3. The Morgan fingerprint density at radius 1 is 1.36 bits per heavy atom. The maximum absolute atomic E-state index is 13.0. The van der Waals surface area contributed by atoms with Crippen LogP contribution in [-0.4, -0.2) is 20.6 Å². The predicted octanol–water partition coefficient (Wildman–Crippen LogP) is 4.01. The van der Waals surface area contributed by atoms with Crippen LogP contribution < -0.4 is 5.32 Å². The summed E-state index contributed by atoms with van der Waals surface area (Å²) in [6.07, 6.45) is -3.24. The number of rotatable bonds is 5. The number of nitro groups is 1. The minimum absolute atomic E-state index is 0.0311. The second kappa shape index (κ2) is 7.43. The van der Waals surface area contributed by atoms with Crippen molar-refractivity contribution in [2.75, 3.05) is 0 Å². The maximum Gasteiger partial charge on any atom is 0.416 e. The Hall–Kier alpha value is -3.21. The van der Waals surface area contributed by atoms with Crippen LogP contribution in [0.5, 0.6) is 0 Å². The first-order valence-electron chi connectivity index (χ1n) is 7.86. The van der Waals surface area contributed by atoms with E-state index >= 15 is 0 Å². The third-order valence-corrected chi connectivity index (χ3v) is 4.67. The van der Waals surface area contributed by atoms with E-state index < -0.39 is 28.3 Å². The van der Waals surface area contributed by atoms with E-state index in [1.165, 1.54) is 22.2 Å². The van der Waals surface area contributed by atoms with Crippen molar-refractivity contribution in [2.24, 2.45) is 7.05 Å². The number of carbonyl (C=O) groups is 1. The highest BCUT2D eigenvalue weighted by Crippen LogP contribution is 2.32. The first-order valence-corrected chi connectivity index (χ1v) is 8.74. The average Bonchev–Trinajstić information content (AvgIpc) is 3.27. The van der Waals surface area contributed by atoms with Gasteiger partial charge >= 0.3 is 6.18 Å². The fourth-order valence-electron chi connectivity index (χ4n) is 2.57. The Morgan fingerprint density at radius 2 is 2.11 bits per heavy atom. The molecule has 0 atom stereocenters. The highest BCUT2D eigenvalue weighted by molar-refractivity contribution is 7.13. The molecular formula is C17H13F3N4O3S. The van der Waals surface area contributed by atoms with E-state index in [0.717, 1.165) is 17.0 Å². The van der Waals surface area contributed by atoms with E-state index in [9.17, 15) is 28.1 Å². The Balaban J connectivity index is 1.84. The third-order valence-electron chi connectivity index (χ3n) is 3.80. The Kier molecular flexibility index (Phi) is 5.18. The molecule has 0 fully saturated rings. The molecule has 0 saturated heterocycles. The minimum atomic E-state index is -4.74. The van der Waals surface area contributed by atoms with Gasteiger partial charge in [0.1, 0.15) is 5.69 Å². The Bertz CT molecular complexity index is 1030. The molecular weight excluding hydrogens is 397 g/mol. The van der Waals surface area contributed by atoms with Crippen LogP contribution >= 0.6 is 11.3 Å². The molecule has 3 aromatic rings. The van der Waals surface area contributed by atoms with Gasteiger partial charge in [0.2, 0.25) is 0 Å². The van der Waals surface area contributed by atoms with Crippen molar-refractivity contribution in [1.82, 2.24) is 15.1 Å². The normalized spacial score (nSPS) is 11.4. The third kappa shape index (κ3) is 4.19. The standard InChI is InChI=1S/C17H13F3N4O3S/c1-23-9-13(15(22-23)14-3-2-4-28-14)16(25)21-8-10-5-11(17(18,19)20)7-12(6-10)24(26)27/h2-7,9H,8H2,1H3,(H,21,25). The number of nitrogens with zero attached hydrogens (tertiary/aromatic N) is 3. The summed E-state index contributed by atoms with van der Waals surface area (Å²) in [7, 11) is 1.64. The van der Waals surface area contributed by atoms with Crippen molar-refractivity contribution in [1.29, 1.82) is 0 Å². The molecule has 2 heterocycles. The van der Waals surface area contributed by atoms with E-state index in [0.29, 0.717) is 11.8 Å². The molecule has 7 nitrogen and oxygen atoms in total. The molecule has 0 radical (unpaired) electrons. The zero-order valence-electron chi connectivity index (χ0n) is 14.4. The first kappa shape index (κ1) is 19.5. The van der Waals surface area contributed by atoms with Gasteiger partial charge in [-0.05, 0) is 23.1 Å². The lowest BCUT2D eigenvalue weighted by Gasteiger charge is -2.10. The molecule has 1 amide bonds. The summed E-state index contributed by atoms with van der Waals surface area (Å²) < 4.78 is 40.4. The zero-order chi connectivity index (χ0) is 20.5. The number of non-ortho nitro benzene ring substituents is 1. The highest BCUT2D eigenvalue weighted by atomic mass is 32.1. The topological polar surface area (TPSA) is 90.1 Å². The number of hydrogen-bond acceptors (Lipinski definition) is 5. The number of aromatic nitrogens is 2. The first-order chi connectivity index (χ1) is 13.1. The van der Waals surface area contributed by atoms with Gasteiger partial charge in [-0.3, -0.25) is 19.6 Å². The van der Waals surface area contributed by atoms with Crippen molar-refractivity contribution >= 4 is 22.9 Å². The zero-order valence-corrected chi connectivity index (χ0v) is 15.2. The largest absolute Gasteiger partial charge is 0.416 e. The monoisotopic (exact) mass is 410 g/mol. The molecule has 1 N–H and O–H groups in total. The molecule has 11 heteroatoms. The predicted molar refractivity (Wildman–Crippen MR) is 95.8 cm³/mol. The van der Waals surface area contributed by atoms with Crippen molar-refractivity contribution in [3.63, 3.8) is 0 Å². The summed E-state index contributed by atoms with van der Waals surface area (Å²) in [6, 6.07) is 5.83. The molecule has 0 aliphatic heterocycles. The van der Waals surface area contributed by atoms with Crippen LogP contribution in [0.4, 0.5) is 18.9 Å². The summed E-state index contributed by atoms with van der Waals surface area (Å²) in [6.45, 7) is -0.303. The van der Waals surface area contributed by atoms with E-state index in [1.807, 2.05) is 5.38 Å². The van der Waals surface area contributed by atoms with Crippen LogP contribution in [0.25, 0.3) is 10.6 Å². The molecule has 0 saturated carbocycles. The highest BCUT2D eigenvalue weighted by Gasteiger charge is 2.32. The van der Waals surface area contributed by atoms with Crippen LogP contribution in [0.3, 0.4) is 0 Å². The van der Waals surface area contributed by atoms with Crippen LogP contribution in [0.15, 0.2) is 41.9 Å². The van der Waals surface area contributed by atoms with E-state index in [-0.39, 0.29) is 17.7 Å². The molecule has 2 aromatic heterocycles. The minimum Gasteiger partial charge on any atom is -0.348 e. The fraction of sp³-hybridized carbons (Fsp3) is 0.176. The SMILES string of the molecule is Cn1cc(C(=O)NCc2cc([N+](=O)[O-])cc(C(F)(F)F)c2)c(-c2cccs2)n1. The maximum atomic E-state index is 13.0. The summed E-state index contributed by atoms with van der Waals surface area (Å²) in [5, 5.41) is 19.5. The number of alkyl halides is 3. The van der Waals surface area contributed by atoms with Gasteiger partial charge in [-0.15, -0.1) is 11.3 Å². The number of benzene rings is 1. The van der Waals surface area contributed by atoms with Gasteiger partial charge in [0.05, 0.1) is 20.9 Å². The Labute approximate surface area is 160 Å². The van der Waals surface area contributed by atoms with Crippen molar-refractivity contribution in [2.45, 2.75) is 12.7 Å². The molecule has 28 heavy (non-hydrogen) atoms. The second-order valence-electron chi connectivity index (χ2n) is 5.87. The van der Waals surface area contributed by atoms with Crippen molar-refractivity contribution in [3.05, 3.63) is 68.7 Å². The van der Waals surface area contributed by atoms with Gasteiger partial charge in [0.25, 0.3) is 11.6 Å². The van der Waals surface area contributed by atoms with E-state index in [1.54, 1.807) is 19.2 Å². The lowest BCUT2D eigenvalue weighted by molar-refractivity contribution is -0.385. The lowest BCUT2D eigenvalue weighted by Crippen LogP contribution is -2.23. The number of nitrogens with one attached hydrogen (secondary N) is 1. The van der Waals surface area contributed by atoms with Crippen molar-refractivity contribution in [3.8, 4) is 10.6 Å². The van der Waals surface area contributed by atoms with Crippen molar-refractivity contribution < 1.29 is 22.9 Å². The second-order valence-corrected chi connectivity index (χ2v) is 6.82. The van der Waals surface area contributed by atoms with Crippen LogP contribution in [0.2, 0.25) is 0 Å².